The van der Waals surface area contributed by atoms with Crippen LogP contribution >= 0.6 is 15.9 Å². The molecule has 0 atom stereocenters. The van der Waals surface area contributed by atoms with Gasteiger partial charge >= 0.3 is 0 Å². The Morgan fingerprint density at radius 2 is 0.719 bits per heavy atom. The zero-order valence-electron chi connectivity index (χ0n) is 17.7. The maximum atomic E-state index is 3.31. The highest BCUT2D eigenvalue weighted by Gasteiger charge is 2.45. The molecule has 6 rings (SSSR count). The molecular weight excluding hydrogens is 452 g/mol. The van der Waals surface area contributed by atoms with Gasteiger partial charge in [-0.3, -0.25) is 0 Å². The normalized spacial score (nSPS) is 12.8. The lowest BCUT2D eigenvalue weighted by Gasteiger charge is -2.33. The van der Waals surface area contributed by atoms with Gasteiger partial charge in [0.05, 0.1) is 5.41 Å². The minimum absolute atomic E-state index is 0.254. The molecule has 0 heterocycles. The van der Waals surface area contributed by atoms with Gasteiger partial charge in [-0.1, -0.05) is 143 Å². The quantitative estimate of drug-likeness (QED) is 0.236. The number of halogens is 1. The first kappa shape index (κ1) is 20.5. The van der Waals surface area contributed by atoms with Crippen molar-refractivity contribution in [2.45, 2.75) is 5.41 Å². The van der Waals surface area contributed by atoms with Crippen LogP contribution in [0.3, 0.4) is 0 Å². The average Bonchev–Trinajstić information content (AvgIpc) is 3.17. The molecule has 32 heavy (non-hydrogen) atoms. The van der Waals surface area contributed by atoms with E-state index in [0.717, 1.165) is 4.47 Å². The lowest BCUT2D eigenvalue weighted by atomic mass is 9.68. The van der Waals surface area contributed by atoms with Crippen molar-refractivity contribution in [1.29, 1.82) is 0 Å². The van der Waals surface area contributed by atoms with Crippen molar-refractivity contribution in [2.75, 3.05) is 0 Å². The summed E-state index contributed by atoms with van der Waals surface area (Å²) in [7, 11) is 0. The van der Waals surface area contributed by atoms with Crippen LogP contribution in [0.15, 0.2) is 144 Å². The first-order valence-corrected chi connectivity index (χ1v) is 11.6. The molecule has 1 heteroatoms. The maximum Gasteiger partial charge on any atom is 0.0713 e. The van der Waals surface area contributed by atoms with E-state index < -0.39 is 0 Å². The largest absolute Gasteiger partial charge is 0.0713 e. The second-order valence-electron chi connectivity index (χ2n) is 7.87. The molecule has 0 nitrogen and oxygen atoms in total. The Morgan fingerprint density at radius 3 is 1.09 bits per heavy atom. The number of hydrogen-bond acceptors (Lipinski definition) is 0. The predicted octanol–water partition coefficient (Wildman–Crippen LogP) is 8.50. The lowest BCUT2D eigenvalue weighted by molar-refractivity contribution is 0.768. The molecule has 5 aromatic carbocycles. The highest BCUT2D eigenvalue weighted by atomic mass is 79.9. The summed E-state index contributed by atoms with van der Waals surface area (Å²) >= 11 is 3.31. The van der Waals surface area contributed by atoms with E-state index in [1.807, 2.05) is 30.3 Å². The molecule has 1 aliphatic rings. The van der Waals surface area contributed by atoms with Crippen LogP contribution in [0.25, 0.3) is 11.1 Å². The highest BCUT2D eigenvalue weighted by molar-refractivity contribution is 9.10. The van der Waals surface area contributed by atoms with Gasteiger partial charge < -0.3 is 0 Å². The van der Waals surface area contributed by atoms with Crippen LogP contribution in [-0.4, -0.2) is 0 Å². The zero-order valence-corrected chi connectivity index (χ0v) is 19.2. The van der Waals surface area contributed by atoms with Crippen molar-refractivity contribution >= 4 is 15.9 Å². The summed E-state index contributed by atoms with van der Waals surface area (Å²) in [6.07, 6.45) is 0. The number of benzene rings is 5. The highest BCUT2D eigenvalue weighted by Crippen LogP contribution is 2.55. The second kappa shape index (κ2) is 8.98. The molecule has 0 unspecified atom stereocenters. The molecule has 154 valence electrons. The van der Waals surface area contributed by atoms with Crippen LogP contribution in [0.2, 0.25) is 0 Å². The first-order valence-electron chi connectivity index (χ1n) is 10.8. The molecule has 0 saturated carbocycles. The van der Waals surface area contributed by atoms with E-state index in [-0.39, 0.29) is 5.41 Å². The molecule has 5 aromatic rings. The smallest absolute Gasteiger partial charge is 0.0622 e. The standard InChI is InChI=1S/C25H18.C6H5Br/c1-3-11-19(12-4-1)25(20-13-5-2-6-14-20)23-17-9-7-15-21(23)22-16-8-10-18-24(22)25;7-6-4-2-1-3-5-6/h1-18H;1-5H. The van der Waals surface area contributed by atoms with Gasteiger partial charge in [-0.25, -0.2) is 0 Å². The average molecular weight is 475 g/mol. The van der Waals surface area contributed by atoms with Gasteiger partial charge in [0, 0.05) is 4.47 Å². The van der Waals surface area contributed by atoms with Crippen LogP contribution in [0.1, 0.15) is 22.3 Å². The van der Waals surface area contributed by atoms with E-state index in [1.165, 1.54) is 33.4 Å². The Kier molecular flexibility index (Phi) is 5.75. The number of hydrogen-bond donors (Lipinski definition) is 0. The molecule has 0 saturated heterocycles. The van der Waals surface area contributed by atoms with E-state index in [0.29, 0.717) is 0 Å². The van der Waals surface area contributed by atoms with E-state index in [1.54, 1.807) is 0 Å². The summed E-state index contributed by atoms with van der Waals surface area (Å²) in [6, 6.07) is 49.4. The van der Waals surface area contributed by atoms with Crippen molar-refractivity contribution in [3.63, 3.8) is 0 Å². The minimum Gasteiger partial charge on any atom is -0.0622 e. The number of rotatable bonds is 2. The third-order valence-corrected chi connectivity index (χ3v) is 6.63. The lowest BCUT2D eigenvalue weighted by Crippen LogP contribution is -2.28. The minimum atomic E-state index is -0.254. The monoisotopic (exact) mass is 474 g/mol. The molecule has 0 fully saturated rings. The molecule has 0 spiro atoms. The van der Waals surface area contributed by atoms with Gasteiger partial charge in [0.2, 0.25) is 0 Å². The fraction of sp³-hybridized carbons (Fsp3) is 0.0323. The summed E-state index contributed by atoms with van der Waals surface area (Å²) in [6.45, 7) is 0. The summed E-state index contributed by atoms with van der Waals surface area (Å²) in [5.74, 6) is 0. The molecule has 1 aliphatic carbocycles. The molecule has 0 radical (unpaired) electrons. The van der Waals surface area contributed by atoms with Crippen molar-refractivity contribution in [1.82, 2.24) is 0 Å². The van der Waals surface area contributed by atoms with Crippen molar-refractivity contribution in [2.24, 2.45) is 0 Å². The van der Waals surface area contributed by atoms with E-state index >= 15 is 0 Å². The van der Waals surface area contributed by atoms with Gasteiger partial charge in [-0.15, -0.1) is 0 Å². The van der Waals surface area contributed by atoms with Gasteiger partial charge in [0.25, 0.3) is 0 Å². The van der Waals surface area contributed by atoms with Gasteiger partial charge in [0.1, 0.15) is 0 Å². The van der Waals surface area contributed by atoms with Crippen LogP contribution in [0.5, 0.6) is 0 Å². The predicted molar refractivity (Wildman–Crippen MR) is 138 cm³/mol. The summed E-state index contributed by atoms with van der Waals surface area (Å²) in [4.78, 5) is 0. The van der Waals surface area contributed by atoms with Crippen molar-refractivity contribution in [3.05, 3.63) is 166 Å². The zero-order chi connectivity index (χ0) is 21.8. The SMILES string of the molecule is Brc1ccccc1.c1ccc(C2(c3ccccc3)c3ccccc3-c3ccccc32)cc1. The Bertz CT molecular complexity index is 1220. The summed E-state index contributed by atoms with van der Waals surface area (Å²) in [5, 5.41) is 0. The van der Waals surface area contributed by atoms with E-state index in [2.05, 4.69) is 125 Å². The topological polar surface area (TPSA) is 0 Å². The third-order valence-electron chi connectivity index (χ3n) is 6.10. The molecule has 0 amide bonds. The fourth-order valence-electron chi connectivity index (χ4n) is 4.81. The Balaban J connectivity index is 0.000000265. The Hall–Kier alpha value is -3.42. The number of fused-ring (bicyclic) bond motifs is 3. The second-order valence-corrected chi connectivity index (χ2v) is 8.78. The molecule has 0 aliphatic heterocycles. The molecule has 0 bridgehead atoms. The van der Waals surface area contributed by atoms with Crippen molar-refractivity contribution in [3.8, 4) is 11.1 Å². The first-order chi connectivity index (χ1) is 15.8. The fourth-order valence-corrected chi connectivity index (χ4v) is 5.12. The van der Waals surface area contributed by atoms with Crippen LogP contribution in [-0.2, 0) is 5.41 Å². The third kappa shape index (κ3) is 3.49. The molecule has 0 N–H and O–H groups in total. The van der Waals surface area contributed by atoms with E-state index in [4.69, 9.17) is 0 Å². The summed E-state index contributed by atoms with van der Waals surface area (Å²) < 4.78 is 1.13. The van der Waals surface area contributed by atoms with Crippen LogP contribution < -0.4 is 0 Å². The summed E-state index contributed by atoms with van der Waals surface area (Å²) in [5.41, 5.74) is 7.80. The van der Waals surface area contributed by atoms with Crippen molar-refractivity contribution < 1.29 is 0 Å². The maximum absolute atomic E-state index is 3.31. The molecule has 0 aromatic heterocycles. The van der Waals surface area contributed by atoms with E-state index in [9.17, 15) is 0 Å². The Labute approximate surface area is 198 Å². The van der Waals surface area contributed by atoms with Crippen LogP contribution in [0, 0.1) is 0 Å². The van der Waals surface area contributed by atoms with Gasteiger partial charge in [0.15, 0.2) is 0 Å². The molecular formula is C31H23Br. The van der Waals surface area contributed by atoms with Crippen LogP contribution in [0.4, 0.5) is 0 Å². The van der Waals surface area contributed by atoms with Gasteiger partial charge in [-0.05, 0) is 45.5 Å². The Morgan fingerprint density at radius 1 is 0.375 bits per heavy atom. The van der Waals surface area contributed by atoms with Gasteiger partial charge in [-0.2, -0.15) is 0 Å².